The second kappa shape index (κ2) is 8.00. The fourth-order valence-electron chi connectivity index (χ4n) is 2.51. The number of sulfonamides is 1. The molecule has 0 fully saturated rings. The first-order valence-electron chi connectivity index (χ1n) is 8.17. The molecule has 8 heteroatoms. The van der Waals surface area contributed by atoms with E-state index in [2.05, 4.69) is 10.0 Å². The molecule has 0 spiro atoms. The van der Waals surface area contributed by atoms with Crippen molar-refractivity contribution in [1.29, 1.82) is 0 Å². The van der Waals surface area contributed by atoms with Gasteiger partial charge in [-0.15, -0.1) is 11.8 Å². The van der Waals surface area contributed by atoms with Gasteiger partial charge in [-0.2, -0.15) is 0 Å². The number of carbonyl (C=O) groups is 1. The number of amides is 1. The zero-order valence-corrected chi connectivity index (χ0v) is 16.5. The van der Waals surface area contributed by atoms with Crippen LogP contribution in [0.4, 0.5) is 5.69 Å². The molecule has 0 aromatic heterocycles. The number of fused-ring (bicyclic) bond motifs is 1. The van der Waals surface area contributed by atoms with Crippen molar-refractivity contribution in [3.63, 3.8) is 0 Å². The summed E-state index contributed by atoms with van der Waals surface area (Å²) in [7, 11) is -3.65. The quantitative estimate of drug-likeness (QED) is 0.790. The predicted octanol–water partition coefficient (Wildman–Crippen LogP) is 3.54. The van der Waals surface area contributed by atoms with Gasteiger partial charge in [-0.05, 0) is 42.3 Å². The highest BCUT2D eigenvalue weighted by molar-refractivity contribution is 7.99. The number of anilines is 1. The number of hydrogen-bond donors (Lipinski definition) is 2. The van der Waals surface area contributed by atoms with Gasteiger partial charge < -0.3 is 5.32 Å². The molecule has 0 bridgehead atoms. The second-order valence-electron chi connectivity index (χ2n) is 6.13. The van der Waals surface area contributed by atoms with E-state index in [0.717, 1.165) is 10.5 Å². The molecule has 1 aliphatic heterocycles. The highest BCUT2D eigenvalue weighted by atomic mass is 35.5. The van der Waals surface area contributed by atoms with Gasteiger partial charge in [0.05, 0.1) is 10.6 Å². The van der Waals surface area contributed by atoms with Crippen LogP contribution in [0.25, 0.3) is 0 Å². The van der Waals surface area contributed by atoms with Crippen LogP contribution in [0.1, 0.15) is 12.5 Å². The van der Waals surface area contributed by atoms with E-state index in [9.17, 15) is 13.2 Å². The molecule has 0 saturated carbocycles. The molecular formula is C18H19ClN2O3S2. The average Bonchev–Trinajstić information content (AvgIpc) is 2.75. The molecule has 3 rings (SSSR count). The Morgan fingerprint density at radius 1 is 1.23 bits per heavy atom. The van der Waals surface area contributed by atoms with Crippen LogP contribution >= 0.6 is 23.4 Å². The summed E-state index contributed by atoms with van der Waals surface area (Å²) in [5.74, 6) is 0.455. The molecule has 2 aromatic rings. The molecule has 138 valence electrons. The number of nitrogens with one attached hydrogen (secondary N) is 2. The van der Waals surface area contributed by atoms with Crippen LogP contribution < -0.4 is 10.0 Å². The van der Waals surface area contributed by atoms with E-state index >= 15 is 0 Å². The zero-order chi connectivity index (χ0) is 18.7. The number of carbonyl (C=O) groups excluding carboxylic acids is 1. The summed E-state index contributed by atoms with van der Waals surface area (Å²) < 4.78 is 27.7. The highest BCUT2D eigenvalue weighted by Crippen LogP contribution is 2.34. The maximum atomic E-state index is 12.5. The molecule has 0 radical (unpaired) electrons. The Kier molecular flexibility index (Phi) is 5.92. The van der Waals surface area contributed by atoms with Gasteiger partial charge in [-0.25, -0.2) is 13.1 Å². The Hall–Kier alpha value is -1.54. The molecule has 0 aliphatic carbocycles. The minimum absolute atomic E-state index is 0.0958. The van der Waals surface area contributed by atoms with Gasteiger partial charge in [-0.3, -0.25) is 4.79 Å². The van der Waals surface area contributed by atoms with Gasteiger partial charge in [0, 0.05) is 28.1 Å². The van der Waals surface area contributed by atoms with Crippen LogP contribution in [0, 0.1) is 5.92 Å². The minimum atomic E-state index is -3.65. The predicted molar refractivity (Wildman–Crippen MR) is 105 cm³/mol. The van der Waals surface area contributed by atoms with E-state index in [1.165, 1.54) is 6.07 Å². The smallest absolute Gasteiger partial charge is 0.240 e. The topological polar surface area (TPSA) is 75.3 Å². The van der Waals surface area contributed by atoms with Crippen molar-refractivity contribution >= 4 is 45.0 Å². The lowest BCUT2D eigenvalue weighted by molar-refractivity contribution is -0.118. The molecule has 2 N–H and O–H groups in total. The van der Waals surface area contributed by atoms with Crippen LogP contribution in [0.15, 0.2) is 52.3 Å². The number of hydrogen-bond acceptors (Lipinski definition) is 4. The third kappa shape index (κ3) is 4.59. The number of halogens is 1. The number of rotatable bonds is 5. The first kappa shape index (κ1) is 19.2. The first-order valence-corrected chi connectivity index (χ1v) is 11.0. The summed E-state index contributed by atoms with van der Waals surface area (Å²) >= 11 is 7.39. The van der Waals surface area contributed by atoms with Crippen LogP contribution in [0.3, 0.4) is 0 Å². The third-order valence-corrected chi connectivity index (χ3v) is 7.12. The van der Waals surface area contributed by atoms with E-state index in [4.69, 9.17) is 11.6 Å². The fourth-order valence-corrected chi connectivity index (χ4v) is 4.70. The third-order valence-electron chi connectivity index (χ3n) is 4.07. The zero-order valence-electron chi connectivity index (χ0n) is 14.2. The molecule has 26 heavy (non-hydrogen) atoms. The fraction of sp³-hybridized carbons (Fsp3) is 0.278. The summed E-state index contributed by atoms with van der Waals surface area (Å²) in [4.78, 5) is 13.0. The van der Waals surface area contributed by atoms with Crippen molar-refractivity contribution in [2.75, 3.05) is 17.6 Å². The lowest BCUT2D eigenvalue weighted by atomic mass is 10.2. The van der Waals surface area contributed by atoms with Crippen molar-refractivity contribution in [2.24, 2.45) is 5.92 Å². The Bertz CT molecular complexity index is 915. The molecular weight excluding hydrogens is 392 g/mol. The van der Waals surface area contributed by atoms with Gasteiger partial charge >= 0.3 is 0 Å². The van der Waals surface area contributed by atoms with Crippen LogP contribution in [0.2, 0.25) is 5.02 Å². The van der Waals surface area contributed by atoms with Gasteiger partial charge in [0.15, 0.2) is 0 Å². The standard InChI is InChI=1S/C18H19ClN2O3S2/c1-12-11-25-17-7-6-15(10-16(17)21-18(12)22)26(23,24)20-9-8-13-2-4-14(19)5-3-13/h2-7,10,12,20H,8-9,11H2,1H3,(H,21,22). The Morgan fingerprint density at radius 3 is 2.69 bits per heavy atom. The largest absolute Gasteiger partial charge is 0.325 e. The van der Waals surface area contributed by atoms with E-state index in [-0.39, 0.29) is 23.3 Å². The summed E-state index contributed by atoms with van der Waals surface area (Å²) in [6.07, 6.45) is 0.561. The molecule has 0 saturated heterocycles. The van der Waals surface area contributed by atoms with E-state index in [1.54, 1.807) is 36.0 Å². The molecule has 1 atom stereocenters. The van der Waals surface area contributed by atoms with E-state index < -0.39 is 10.0 Å². The summed E-state index contributed by atoms with van der Waals surface area (Å²) in [6.45, 7) is 2.13. The van der Waals surface area contributed by atoms with Crippen LogP contribution in [0.5, 0.6) is 0 Å². The Balaban J connectivity index is 1.70. The van der Waals surface area contributed by atoms with E-state index in [1.807, 2.05) is 19.1 Å². The van der Waals surface area contributed by atoms with Gasteiger partial charge in [0.1, 0.15) is 0 Å². The number of benzene rings is 2. The lowest BCUT2D eigenvalue weighted by Gasteiger charge is -2.11. The van der Waals surface area contributed by atoms with Crippen molar-refractivity contribution < 1.29 is 13.2 Å². The van der Waals surface area contributed by atoms with Gasteiger partial charge in [0.25, 0.3) is 0 Å². The van der Waals surface area contributed by atoms with Crippen molar-refractivity contribution in [1.82, 2.24) is 4.72 Å². The number of thioether (sulfide) groups is 1. The summed E-state index contributed by atoms with van der Waals surface area (Å²) in [5, 5.41) is 3.45. The molecule has 1 heterocycles. The summed E-state index contributed by atoms with van der Waals surface area (Å²) in [6, 6.07) is 12.1. The van der Waals surface area contributed by atoms with Crippen molar-refractivity contribution in [3.8, 4) is 0 Å². The molecule has 1 aliphatic rings. The van der Waals surface area contributed by atoms with Gasteiger partial charge in [0.2, 0.25) is 15.9 Å². The van der Waals surface area contributed by atoms with E-state index in [0.29, 0.717) is 22.9 Å². The highest BCUT2D eigenvalue weighted by Gasteiger charge is 2.22. The Labute approximate surface area is 162 Å². The maximum Gasteiger partial charge on any atom is 0.240 e. The minimum Gasteiger partial charge on any atom is -0.325 e. The van der Waals surface area contributed by atoms with Gasteiger partial charge in [-0.1, -0.05) is 30.7 Å². The Morgan fingerprint density at radius 2 is 1.96 bits per heavy atom. The lowest BCUT2D eigenvalue weighted by Crippen LogP contribution is -2.26. The van der Waals surface area contributed by atoms with Crippen molar-refractivity contribution in [2.45, 2.75) is 23.1 Å². The van der Waals surface area contributed by atoms with Crippen molar-refractivity contribution in [3.05, 3.63) is 53.1 Å². The normalized spacial score (nSPS) is 17.3. The second-order valence-corrected chi connectivity index (χ2v) is 9.40. The maximum absolute atomic E-state index is 12.5. The molecule has 2 aromatic carbocycles. The first-order chi connectivity index (χ1) is 12.3. The van der Waals surface area contributed by atoms with Crippen LogP contribution in [-0.4, -0.2) is 26.6 Å². The summed E-state index contributed by atoms with van der Waals surface area (Å²) in [5.41, 5.74) is 1.54. The SMILES string of the molecule is CC1CSc2ccc(S(=O)(=O)NCCc3ccc(Cl)cc3)cc2NC1=O. The monoisotopic (exact) mass is 410 g/mol. The molecule has 1 amide bonds. The van der Waals surface area contributed by atoms with Crippen LogP contribution in [-0.2, 0) is 21.2 Å². The average molecular weight is 411 g/mol. The molecule has 1 unspecified atom stereocenters. The molecule has 5 nitrogen and oxygen atoms in total.